The smallest absolute Gasteiger partial charge is 0.256 e. The summed E-state index contributed by atoms with van der Waals surface area (Å²) in [6.45, 7) is 4.04. The van der Waals surface area contributed by atoms with Gasteiger partial charge in [0, 0.05) is 11.8 Å². The number of aromatic nitrogens is 2. The van der Waals surface area contributed by atoms with E-state index in [4.69, 9.17) is 9.40 Å². The average molecular weight is 396 g/mol. The average Bonchev–Trinajstić information content (AvgIpc) is 3.41. The van der Waals surface area contributed by atoms with Crippen molar-refractivity contribution in [1.29, 1.82) is 5.26 Å². The Labute approximate surface area is 174 Å². The zero-order valence-electron chi connectivity index (χ0n) is 16.7. The van der Waals surface area contributed by atoms with Crippen molar-refractivity contribution < 1.29 is 9.21 Å². The summed E-state index contributed by atoms with van der Waals surface area (Å²) in [5.74, 6) is -0.00624. The van der Waals surface area contributed by atoms with Crippen LogP contribution in [0.3, 0.4) is 0 Å². The molecule has 1 atom stereocenters. The maximum absolute atomic E-state index is 13.0. The Morgan fingerprint density at radius 3 is 2.63 bits per heavy atom. The van der Waals surface area contributed by atoms with E-state index in [1.807, 2.05) is 60.9 Å². The van der Waals surface area contributed by atoms with E-state index in [-0.39, 0.29) is 0 Å². The summed E-state index contributed by atoms with van der Waals surface area (Å²) in [7, 11) is 0. The van der Waals surface area contributed by atoms with Crippen LogP contribution in [0.25, 0.3) is 23.0 Å². The van der Waals surface area contributed by atoms with Crippen LogP contribution >= 0.6 is 0 Å². The minimum atomic E-state index is -0.881. The first-order chi connectivity index (χ1) is 14.6. The minimum absolute atomic E-state index is 0.384. The Kier molecular flexibility index (Phi) is 5.19. The van der Waals surface area contributed by atoms with Gasteiger partial charge in [0.15, 0.2) is 11.7 Å². The van der Waals surface area contributed by atoms with Gasteiger partial charge in [-0.2, -0.15) is 5.26 Å². The van der Waals surface area contributed by atoms with E-state index < -0.39 is 11.9 Å². The highest BCUT2D eigenvalue weighted by Crippen LogP contribution is 2.28. The number of nitriles is 1. The normalized spacial score (nSPS) is 11.6. The Morgan fingerprint density at radius 2 is 1.97 bits per heavy atom. The Balaban J connectivity index is 1.82. The van der Waals surface area contributed by atoms with Gasteiger partial charge in [0.05, 0.1) is 29.3 Å². The molecule has 30 heavy (non-hydrogen) atoms. The molecule has 0 saturated heterocycles. The first-order valence-corrected chi connectivity index (χ1v) is 9.53. The van der Waals surface area contributed by atoms with Gasteiger partial charge >= 0.3 is 0 Å². The number of nitrogens with zero attached hydrogens (tertiary/aromatic N) is 3. The van der Waals surface area contributed by atoms with Crippen molar-refractivity contribution in [1.82, 2.24) is 14.7 Å². The number of benzene rings is 1. The molecule has 3 aromatic heterocycles. The van der Waals surface area contributed by atoms with E-state index in [0.717, 1.165) is 22.5 Å². The second-order valence-corrected chi connectivity index (χ2v) is 7.10. The van der Waals surface area contributed by atoms with Crippen LogP contribution in [0, 0.1) is 11.3 Å². The third kappa shape index (κ3) is 3.61. The van der Waals surface area contributed by atoms with Gasteiger partial charge in [-0.3, -0.25) is 9.20 Å². The number of furan rings is 1. The first-order valence-electron chi connectivity index (χ1n) is 9.53. The van der Waals surface area contributed by atoms with Crippen molar-refractivity contribution in [3.8, 4) is 17.3 Å². The molecule has 0 aliphatic heterocycles. The van der Waals surface area contributed by atoms with Gasteiger partial charge in [0.25, 0.3) is 5.91 Å². The number of carbonyl (C=O) groups is 1. The fourth-order valence-corrected chi connectivity index (χ4v) is 3.31. The number of hydrogen-bond acceptors (Lipinski definition) is 4. The lowest BCUT2D eigenvalue weighted by Crippen LogP contribution is -2.27. The van der Waals surface area contributed by atoms with Gasteiger partial charge in [0.1, 0.15) is 5.76 Å². The lowest BCUT2D eigenvalue weighted by atomic mass is 10.1. The number of rotatable bonds is 5. The van der Waals surface area contributed by atoms with E-state index in [2.05, 4.69) is 11.4 Å². The number of allylic oxidation sites excluding steroid dienone is 1. The monoisotopic (exact) mass is 396 g/mol. The molecule has 0 fully saturated rings. The van der Waals surface area contributed by atoms with Crippen molar-refractivity contribution in [2.45, 2.75) is 19.9 Å². The molecule has 0 bridgehead atoms. The lowest BCUT2D eigenvalue weighted by Gasteiger charge is -2.10. The number of nitrogens with one attached hydrogen (secondary N) is 1. The Hall–Kier alpha value is -4.11. The van der Waals surface area contributed by atoms with Gasteiger partial charge in [-0.05, 0) is 44.2 Å². The van der Waals surface area contributed by atoms with Crippen LogP contribution in [-0.4, -0.2) is 15.3 Å². The van der Waals surface area contributed by atoms with Crippen molar-refractivity contribution in [3.05, 3.63) is 89.6 Å². The van der Waals surface area contributed by atoms with E-state index >= 15 is 0 Å². The Morgan fingerprint density at radius 1 is 1.17 bits per heavy atom. The standard InChI is InChI=1S/C24H20N4O2/c1-16(2)14-20-22(17-8-4-3-5-9-17)27-23-18(10-6-12-28(20)23)24(29)26-19(15-25)21-11-7-13-30-21/h3-14,19H,1-2H3,(H,26,29). The fourth-order valence-electron chi connectivity index (χ4n) is 3.31. The largest absolute Gasteiger partial charge is 0.466 e. The molecular weight excluding hydrogens is 376 g/mol. The molecule has 148 valence electrons. The highest BCUT2D eigenvalue weighted by molar-refractivity contribution is 6.01. The topological polar surface area (TPSA) is 83.3 Å². The molecule has 6 nitrogen and oxygen atoms in total. The quantitative estimate of drug-likeness (QED) is 0.514. The van der Waals surface area contributed by atoms with Crippen molar-refractivity contribution in [3.63, 3.8) is 0 Å². The van der Waals surface area contributed by atoms with Crippen LogP contribution in [0.2, 0.25) is 0 Å². The van der Waals surface area contributed by atoms with E-state index in [1.165, 1.54) is 6.26 Å². The summed E-state index contributed by atoms with van der Waals surface area (Å²) >= 11 is 0. The molecule has 1 unspecified atom stereocenters. The maximum atomic E-state index is 13.0. The molecule has 1 amide bonds. The summed E-state index contributed by atoms with van der Waals surface area (Å²) in [6, 6.07) is 17.9. The van der Waals surface area contributed by atoms with Crippen LogP contribution in [0.5, 0.6) is 0 Å². The number of carbonyl (C=O) groups excluding carboxylic acids is 1. The molecular formula is C24H20N4O2. The van der Waals surface area contributed by atoms with Gasteiger partial charge in [0.2, 0.25) is 0 Å². The molecule has 0 saturated carbocycles. The minimum Gasteiger partial charge on any atom is -0.466 e. The van der Waals surface area contributed by atoms with Gasteiger partial charge in [-0.15, -0.1) is 0 Å². The second-order valence-electron chi connectivity index (χ2n) is 7.10. The molecule has 1 N–H and O–H groups in total. The second kappa shape index (κ2) is 8.10. The van der Waals surface area contributed by atoms with Crippen LogP contribution in [-0.2, 0) is 0 Å². The van der Waals surface area contributed by atoms with Crippen LogP contribution in [0.4, 0.5) is 0 Å². The third-order valence-electron chi connectivity index (χ3n) is 4.64. The summed E-state index contributed by atoms with van der Waals surface area (Å²) in [5.41, 5.74) is 4.68. The predicted octanol–water partition coefficient (Wildman–Crippen LogP) is 5.01. The van der Waals surface area contributed by atoms with Crippen molar-refractivity contribution in [2.24, 2.45) is 0 Å². The van der Waals surface area contributed by atoms with Gasteiger partial charge in [-0.25, -0.2) is 4.98 Å². The summed E-state index contributed by atoms with van der Waals surface area (Å²) in [4.78, 5) is 17.8. The third-order valence-corrected chi connectivity index (χ3v) is 4.64. The maximum Gasteiger partial charge on any atom is 0.256 e. The summed E-state index contributed by atoms with van der Waals surface area (Å²) in [6.07, 6.45) is 5.40. The van der Waals surface area contributed by atoms with E-state index in [0.29, 0.717) is 17.0 Å². The molecule has 0 spiro atoms. The summed E-state index contributed by atoms with van der Waals surface area (Å²) in [5, 5.41) is 12.2. The predicted molar refractivity (Wildman–Crippen MR) is 114 cm³/mol. The van der Waals surface area contributed by atoms with E-state index in [1.54, 1.807) is 24.3 Å². The molecule has 6 heteroatoms. The SMILES string of the molecule is CC(C)=Cc1c(-c2ccccc2)nc2c(C(=O)NC(C#N)c3ccco3)cccn12. The van der Waals surface area contributed by atoms with Crippen LogP contribution < -0.4 is 5.32 Å². The lowest BCUT2D eigenvalue weighted by molar-refractivity contribution is 0.0942. The molecule has 0 aliphatic carbocycles. The number of pyridine rings is 1. The van der Waals surface area contributed by atoms with E-state index in [9.17, 15) is 10.1 Å². The molecule has 0 aliphatic rings. The zero-order chi connectivity index (χ0) is 21.1. The van der Waals surface area contributed by atoms with Crippen molar-refractivity contribution >= 4 is 17.6 Å². The first kappa shape index (κ1) is 19.2. The van der Waals surface area contributed by atoms with Crippen molar-refractivity contribution in [2.75, 3.05) is 0 Å². The number of amides is 1. The van der Waals surface area contributed by atoms with Gasteiger partial charge in [-0.1, -0.05) is 35.9 Å². The van der Waals surface area contributed by atoms with Crippen LogP contribution in [0.15, 0.2) is 77.0 Å². The molecule has 1 aromatic carbocycles. The molecule has 4 aromatic rings. The zero-order valence-corrected chi connectivity index (χ0v) is 16.7. The van der Waals surface area contributed by atoms with Gasteiger partial charge < -0.3 is 9.73 Å². The number of hydrogen-bond donors (Lipinski definition) is 1. The number of fused-ring (bicyclic) bond motifs is 1. The number of imidazole rings is 1. The fraction of sp³-hybridized carbons (Fsp3) is 0.125. The highest BCUT2D eigenvalue weighted by Gasteiger charge is 2.22. The van der Waals surface area contributed by atoms with Crippen LogP contribution in [0.1, 0.15) is 41.7 Å². The molecule has 0 radical (unpaired) electrons. The molecule has 3 heterocycles. The summed E-state index contributed by atoms with van der Waals surface area (Å²) < 4.78 is 7.17. The molecule has 4 rings (SSSR count). The Bertz CT molecular complexity index is 1260. The highest BCUT2D eigenvalue weighted by atomic mass is 16.3.